The maximum absolute atomic E-state index is 13.1. The Balaban J connectivity index is 1.38. The highest BCUT2D eigenvalue weighted by molar-refractivity contribution is 6.02. The van der Waals surface area contributed by atoms with E-state index in [9.17, 15) is 24.3 Å². The summed E-state index contributed by atoms with van der Waals surface area (Å²) in [6, 6.07) is 12.6. The van der Waals surface area contributed by atoms with Crippen LogP contribution in [0.5, 0.6) is 0 Å². The molecular formula is C24H21N3O6. The third-order valence-electron chi connectivity index (χ3n) is 6.24. The Morgan fingerprint density at radius 1 is 1.00 bits per heavy atom. The number of hydrogen-bond donors (Lipinski definition) is 2. The largest absolute Gasteiger partial charge is 0.478 e. The molecule has 1 aromatic carbocycles. The van der Waals surface area contributed by atoms with Crippen molar-refractivity contribution in [2.75, 3.05) is 18.4 Å². The summed E-state index contributed by atoms with van der Waals surface area (Å²) >= 11 is 0. The van der Waals surface area contributed by atoms with Gasteiger partial charge < -0.3 is 24.3 Å². The van der Waals surface area contributed by atoms with Gasteiger partial charge in [-0.05, 0) is 54.8 Å². The summed E-state index contributed by atoms with van der Waals surface area (Å²) < 4.78 is 6.76. The molecule has 2 amide bonds. The third kappa shape index (κ3) is 3.82. The van der Waals surface area contributed by atoms with Gasteiger partial charge in [-0.2, -0.15) is 0 Å². The van der Waals surface area contributed by atoms with Crippen molar-refractivity contribution in [2.45, 2.75) is 18.9 Å². The maximum atomic E-state index is 13.1. The first-order chi connectivity index (χ1) is 15.9. The van der Waals surface area contributed by atoms with E-state index >= 15 is 0 Å². The van der Waals surface area contributed by atoms with E-state index in [0.29, 0.717) is 25.2 Å². The number of nitrogens with zero attached hydrogens (tertiary/aromatic N) is 2. The standard InChI is InChI=1S/C24H21N3O6/c28-21(20-5-2-8-33-20)25-18-6-7-19-17-9-14(12-27(19)23(18)30)11-26(13-17)22(29)15-3-1-4-16(10-15)24(31)32/h1-8,10,14,17H,9,11-13H2,(H,25,28)(H,31,32)/t14-,17+/m0/s1. The Bertz CT molecular complexity index is 1310. The molecular weight excluding hydrogens is 426 g/mol. The first kappa shape index (κ1) is 20.7. The van der Waals surface area contributed by atoms with Crippen molar-refractivity contribution < 1.29 is 23.9 Å². The molecule has 2 aromatic heterocycles. The Hall–Kier alpha value is -4.14. The highest BCUT2D eigenvalue weighted by Gasteiger charge is 2.37. The van der Waals surface area contributed by atoms with Crippen LogP contribution in [0.4, 0.5) is 5.69 Å². The van der Waals surface area contributed by atoms with E-state index in [1.807, 2.05) is 6.07 Å². The molecule has 33 heavy (non-hydrogen) atoms. The van der Waals surface area contributed by atoms with Crippen LogP contribution in [0.15, 0.2) is 64.0 Å². The van der Waals surface area contributed by atoms with Gasteiger partial charge in [-0.1, -0.05) is 6.07 Å². The highest BCUT2D eigenvalue weighted by Crippen LogP contribution is 2.36. The van der Waals surface area contributed by atoms with Gasteiger partial charge in [0.1, 0.15) is 5.69 Å². The van der Waals surface area contributed by atoms with Crippen LogP contribution < -0.4 is 10.9 Å². The van der Waals surface area contributed by atoms with E-state index < -0.39 is 11.9 Å². The van der Waals surface area contributed by atoms with Gasteiger partial charge in [-0.3, -0.25) is 14.4 Å². The number of amides is 2. The van der Waals surface area contributed by atoms with Gasteiger partial charge in [0.2, 0.25) is 0 Å². The molecule has 1 fully saturated rings. The van der Waals surface area contributed by atoms with Crippen molar-refractivity contribution in [2.24, 2.45) is 5.92 Å². The summed E-state index contributed by atoms with van der Waals surface area (Å²) in [6.07, 6.45) is 2.25. The molecule has 0 radical (unpaired) electrons. The topological polar surface area (TPSA) is 122 Å². The van der Waals surface area contributed by atoms with E-state index in [2.05, 4.69) is 5.32 Å². The normalized spacial score (nSPS) is 19.0. The van der Waals surface area contributed by atoms with Gasteiger partial charge in [0.25, 0.3) is 17.4 Å². The molecule has 9 heteroatoms. The smallest absolute Gasteiger partial charge is 0.335 e. The van der Waals surface area contributed by atoms with Gasteiger partial charge >= 0.3 is 5.97 Å². The number of aromatic nitrogens is 1. The summed E-state index contributed by atoms with van der Waals surface area (Å²) in [6.45, 7) is 1.35. The predicted molar refractivity (Wildman–Crippen MR) is 118 cm³/mol. The minimum absolute atomic E-state index is 0.0216. The van der Waals surface area contributed by atoms with Gasteiger partial charge in [-0.15, -0.1) is 0 Å². The number of fused-ring (bicyclic) bond motifs is 4. The van der Waals surface area contributed by atoms with Crippen LogP contribution in [-0.2, 0) is 6.54 Å². The number of anilines is 1. The number of carbonyl (C=O) groups is 3. The molecule has 0 unspecified atom stereocenters. The van der Waals surface area contributed by atoms with Crippen molar-refractivity contribution in [1.29, 1.82) is 0 Å². The molecule has 2 aliphatic heterocycles. The molecule has 0 spiro atoms. The number of carboxylic acids is 1. The molecule has 168 valence electrons. The van der Waals surface area contributed by atoms with Crippen molar-refractivity contribution >= 4 is 23.5 Å². The molecule has 2 atom stereocenters. The number of carboxylic acid groups (broad SMARTS) is 1. The van der Waals surface area contributed by atoms with Crippen molar-refractivity contribution in [3.8, 4) is 0 Å². The van der Waals surface area contributed by atoms with Crippen LogP contribution in [-0.4, -0.2) is 45.4 Å². The lowest BCUT2D eigenvalue weighted by molar-refractivity contribution is 0.0594. The summed E-state index contributed by atoms with van der Waals surface area (Å²) in [5.41, 5.74) is 1.13. The lowest BCUT2D eigenvalue weighted by Crippen LogP contribution is -2.49. The average molecular weight is 447 g/mol. The van der Waals surface area contributed by atoms with Crippen LogP contribution in [0.25, 0.3) is 0 Å². The highest BCUT2D eigenvalue weighted by atomic mass is 16.4. The Morgan fingerprint density at radius 3 is 2.58 bits per heavy atom. The molecule has 2 N–H and O–H groups in total. The Labute approximate surface area is 188 Å². The van der Waals surface area contributed by atoms with E-state index in [1.165, 1.54) is 24.5 Å². The molecule has 0 aliphatic carbocycles. The van der Waals surface area contributed by atoms with E-state index in [0.717, 1.165) is 12.1 Å². The number of nitrogens with one attached hydrogen (secondary N) is 1. The lowest BCUT2D eigenvalue weighted by atomic mass is 9.83. The number of rotatable bonds is 4. The number of likely N-dealkylation sites (tertiary alicyclic amines) is 1. The van der Waals surface area contributed by atoms with E-state index in [1.54, 1.807) is 33.7 Å². The zero-order valence-corrected chi connectivity index (χ0v) is 17.6. The number of benzene rings is 1. The van der Waals surface area contributed by atoms with Crippen LogP contribution in [0.3, 0.4) is 0 Å². The van der Waals surface area contributed by atoms with Crippen molar-refractivity contribution in [3.63, 3.8) is 0 Å². The quantitative estimate of drug-likeness (QED) is 0.634. The van der Waals surface area contributed by atoms with Crippen LogP contribution >= 0.6 is 0 Å². The zero-order valence-electron chi connectivity index (χ0n) is 17.6. The Morgan fingerprint density at radius 2 is 1.82 bits per heavy atom. The SMILES string of the molecule is O=C(O)c1cccc(C(=O)N2C[C@@H]3C[C@H](C2)c2ccc(NC(=O)c4ccco4)c(=O)n2C3)c1. The summed E-state index contributed by atoms with van der Waals surface area (Å²) in [5.74, 6) is -1.61. The molecule has 9 nitrogen and oxygen atoms in total. The Kier molecular flexibility index (Phi) is 5.08. The van der Waals surface area contributed by atoms with Crippen LogP contribution in [0, 0.1) is 5.92 Å². The van der Waals surface area contributed by atoms with E-state index in [4.69, 9.17) is 4.42 Å². The fourth-order valence-electron chi connectivity index (χ4n) is 4.77. The van der Waals surface area contributed by atoms with Gasteiger partial charge in [0.15, 0.2) is 5.76 Å². The van der Waals surface area contributed by atoms with Gasteiger partial charge in [-0.25, -0.2) is 4.79 Å². The monoisotopic (exact) mass is 447 g/mol. The fourth-order valence-corrected chi connectivity index (χ4v) is 4.77. The second-order valence-electron chi connectivity index (χ2n) is 8.41. The van der Waals surface area contributed by atoms with Crippen molar-refractivity contribution in [1.82, 2.24) is 9.47 Å². The predicted octanol–water partition coefficient (Wildman–Crippen LogP) is 2.65. The van der Waals surface area contributed by atoms with Gasteiger partial charge in [0.05, 0.1) is 11.8 Å². The second kappa shape index (κ2) is 8.09. The van der Waals surface area contributed by atoms with Crippen molar-refractivity contribution in [3.05, 3.63) is 87.7 Å². The van der Waals surface area contributed by atoms with Crippen LogP contribution in [0.1, 0.15) is 49.3 Å². The van der Waals surface area contributed by atoms with Crippen LogP contribution in [0.2, 0.25) is 0 Å². The third-order valence-corrected chi connectivity index (χ3v) is 6.24. The molecule has 2 aliphatic rings. The molecule has 0 saturated carbocycles. The minimum atomic E-state index is -1.08. The molecule has 2 bridgehead atoms. The number of piperidine rings is 1. The summed E-state index contributed by atoms with van der Waals surface area (Å²) in [7, 11) is 0. The first-order valence-electron chi connectivity index (χ1n) is 10.6. The number of furan rings is 1. The first-order valence-corrected chi connectivity index (χ1v) is 10.6. The summed E-state index contributed by atoms with van der Waals surface area (Å²) in [4.78, 5) is 51.4. The number of pyridine rings is 1. The van der Waals surface area contributed by atoms with Gasteiger partial charge in [0, 0.05) is 36.8 Å². The minimum Gasteiger partial charge on any atom is -0.478 e. The van der Waals surface area contributed by atoms with E-state index in [-0.39, 0.29) is 40.3 Å². The number of carbonyl (C=O) groups excluding carboxylic acids is 2. The molecule has 4 heterocycles. The fraction of sp³-hybridized carbons (Fsp3) is 0.250. The molecule has 5 rings (SSSR count). The number of aromatic carboxylic acids is 1. The summed E-state index contributed by atoms with van der Waals surface area (Å²) in [5, 5.41) is 11.8. The lowest BCUT2D eigenvalue weighted by Gasteiger charge is -2.43. The molecule has 3 aromatic rings. The number of hydrogen-bond acceptors (Lipinski definition) is 5. The second-order valence-corrected chi connectivity index (χ2v) is 8.41. The average Bonchev–Trinajstić information content (AvgIpc) is 3.36. The molecule has 1 saturated heterocycles. The zero-order chi connectivity index (χ0) is 23.1. The maximum Gasteiger partial charge on any atom is 0.335 e.